The number of amides is 1. The Bertz CT molecular complexity index is 652. The maximum absolute atomic E-state index is 12.8. The van der Waals surface area contributed by atoms with Crippen molar-refractivity contribution in [2.24, 2.45) is 23.2 Å². The maximum Gasteiger partial charge on any atom is 0.325 e. The molecule has 4 bridgehead atoms. The number of ether oxygens (including phenoxy) is 1. The molecule has 1 N–H and O–H groups in total. The second kappa shape index (κ2) is 6.64. The molecule has 5 heteroatoms. The summed E-state index contributed by atoms with van der Waals surface area (Å²) in [5.41, 5.74) is 0.621. The zero-order chi connectivity index (χ0) is 17.4. The van der Waals surface area contributed by atoms with Gasteiger partial charge in [-0.2, -0.15) is 0 Å². The molecule has 0 aromatic heterocycles. The first-order valence-corrected chi connectivity index (χ1v) is 9.58. The largest absolute Gasteiger partial charge is 0.460 e. The minimum Gasteiger partial charge on any atom is -0.460 e. The maximum atomic E-state index is 12.8. The lowest BCUT2D eigenvalue weighted by molar-refractivity contribution is -0.151. The summed E-state index contributed by atoms with van der Waals surface area (Å²) in [6.07, 6.45) is 6.91. The van der Waals surface area contributed by atoms with E-state index in [-0.39, 0.29) is 24.5 Å². The molecule has 0 unspecified atom stereocenters. The molecule has 0 aliphatic heterocycles. The number of rotatable bonds is 5. The highest BCUT2D eigenvalue weighted by molar-refractivity contribution is 6.30. The lowest BCUT2D eigenvalue weighted by Crippen LogP contribution is -2.54. The predicted octanol–water partition coefficient (Wildman–Crippen LogP) is 3.72. The number of carbonyl (C=O) groups excluding carboxylic acids is 2. The van der Waals surface area contributed by atoms with Crippen LogP contribution in [-0.4, -0.2) is 18.4 Å². The fourth-order valence-electron chi connectivity index (χ4n) is 5.57. The van der Waals surface area contributed by atoms with Crippen molar-refractivity contribution in [1.29, 1.82) is 0 Å². The van der Waals surface area contributed by atoms with Crippen molar-refractivity contribution in [3.63, 3.8) is 0 Å². The Balaban J connectivity index is 1.28. The van der Waals surface area contributed by atoms with Gasteiger partial charge in [-0.05, 0) is 74.0 Å². The molecule has 0 radical (unpaired) electrons. The fourth-order valence-corrected chi connectivity index (χ4v) is 5.78. The molecular formula is C20H24ClNO3. The molecule has 0 saturated heterocycles. The Labute approximate surface area is 153 Å². The molecule has 1 amide bonds. The SMILES string of the molecule is O=C(CNC(=O)C12CC3CC(CC(C3)C1)C2)OCc1cccc(Cl)c1. The second-order valence-corrected chi connectivity index (χ2v) is 8.61. The summed E-state index contributed by atoms with van der Waals surface area (Å²) in [4.78, 5) is 24.7. The van der Waals surface area contributed by atoms with E-state index >= 15 is 0 Å². The van der Waals surface area contributed by atoms with E-state index in [1.807, 2.05) is 12.1 Å². The minimum atomic E-state index is -0.405. The first-order chi connectivity index (χ1) is 12.0. The van der Waals surface area contributed by atoms with Crippen LogP contribution in [0.4, 0.5) is 0 Å². The van der Waals surface area contributed by atoms with Crippen LogP contribution in [0.2, 0.25) is 5.02 Å². The highest BCUT2D eigenvalue weighted by Gasteiger charge is 2.54. The molecule has 5 rings (SSSR count). The summed E-state index contributed by atoms with van der Waals surface area (Å²) in [7, 11) is 0. The first-order valence-electron chi connectivity index (χ1n) is 9.21. The quantitative estimate of drug-likeness (QED) is 0.813. The third kappa shape index (κ3) is 3.55. The van der Waals surface area contributed by atoms with Gasteiger partial charge in [0.1, 0.15) is 13.2 Å². The minimum absolute atomic E-state index is 0.0544. The molecule has 0 heterocycles. The predicted molar refractivity (Wildman–Crippen MR) is 94.9 cm³/mol. The molecule has 4 aliphatic rings. The average molecular weight is 362 g/mol. The van der Waals surface area contributed by atoms with Crippen LogP contribution in [0, 0.1) is 23.2 Å². The van der Waals surface area contributed by atoms with Gasteiger partial charge in [-0.3, -0.25) is 9.59 Å². The van der Waals surface area contributed by atoms with E-state index in [2.05, 4.69) is 5.32 Å². The van der Waals surface area contributed by atoms with Gasteiger partial charge in [-0.15, -0.1) is 0 Å². The van der Waals surface area contributed by atoms with Gasteiger partial charge in [-0.25, -0.2) is 0 Å². The molecule has 134 valence electrons. The molecule has 1 aromatic rings. The number of carbonyl (C=O) groups is 2. The Hall–Kier alpha value is -1.55. The summed E-state index contributed by atoms with van der Waals surface area (Å²) in [6, 6.07) is 7.22. The molecule has 0 atom stereocenters. The first kappa shape index (κ1) is 16.9. The zero-order valence-corrected chi connectivity index (χ0v) is 15.1. The number of hydrogen-bond acceptors (Lipinski definition) is 3. The molecule has 25 heavy (non-hydrogen) atoms. The van der Waals surface area contributed by atoms with Crippen molar-refractivity contribution in [2.45, 2.75) is 45.1 Å². The summed E-state index contributed by atoms with van der Waals surface area (Å²) in [6.45, 7) is 0.119. The van der Waals surface area contributed by atoms with Crippen molar-refractivity contribution in [2.75, 3.05) is 6.54 Å². The summed E-state index contributed by atoms with van der Waals surface area (Å²) < 4.78 is 5.24. The van der Waals surface area contributed by atoms with E-state index in [1.165, 1.54) is 19.3 Å². The van der Waals surface area contributed by atoms with Crippen molar-refractivity contribution in [3.8, 4) is 0 Å². The third-order valence-electron chi connectivity index (χ3n) is 6.20. The Morgan fingerprint density at radius 3 is 2.36 bits per heavy atom. The molecule has 4 aliphatic carbocycles. The highest BCUT2D eigenvalue weighted by atomic mass is 35.5. The van der Waals surface area contributed by atoms with E-state index in [1.54, 1.807) is 12.1 Å². The number of benzene rings is 1. The van der Waals surface area contributed by atoms with Crippen LogP contribution in [-0.2, 0) is 20.9 Å². The lowest BCUT2D eigenvalue weighted by Gasteiger charge is -2.55. The summed E-state index contributed by atoms with van der Waals surface area (Å²) >= 11 is 5.92. The standard InChI is InChI=1S/C20H24ClNO3/c21-17-3-1-2-13(7-17)12-25-18(23)11-22-19(24)20-8-14-4-15(9-20)6-16(5-14)10-20/h1-3,7,14-16H,4-6,8-12H2,(H,22,24). The molecule has 4 saturated carbocycles. The van der Waals surface area contributed by atoms with Crippen LogP contribution < -0.4 is 5.32 Å². The Kier molecular flexibility index (Phi) is 4.48. The average Bonchev–Trinajstić information content (AvgIpc) is 2.56. The van der Waals surface area contributed by atoms with Crippen molar-refractivity contribution in [3.05, 3.63) is 34.9 Å². The highest BCUT2D eigenvalue weighted by Crippen LogP contribution is 2.60. The fraction of sp³-hybridized carbons (Fsp3) is 0.600. The zero-order valence-electron chi connectivity index (χ0n) is 14.3. The van der Waals surface area contributed by atoms with Gasteiger partial charge in [0.15, 0.2) is 0 Å². The van der Waals surface area contributed by atoms with Crippen LogP contribution in [0.3, 0.4) is 0 Å². The van der Waals surface area contributed by atoms with Gasteiger partial charge in [-0.1, -0.05) is 23.7 Å². The van der Waals surface area contributed by atoms with Gasteiger partial charge in [0.05, 0.1) is 0 Å². The lowest BCUT2D eigenvalue weighted by atomic mass is 9.49. The van der Waals surface area contributed by atoms with Gasteiger partial charge in [0, 0.05) is 10.4 Å². The van der Waals surface area contributed by atoms with E-state index in [4.69, 9.17) is 16.3 Å². The van der Waals surface area contributed by atoms with Crippen molar-refractivity contribution < 1.29 is 14.3 Å². The van der Waals surface area contributed by atoms with Crippen LogP contribution in [0.15, 0.2) is 24.3 Å². The normalized spacial score (nSPS) is 32.4. The number of nitrogens with one attached hydrogen (secondary N) is 1. The van der Waals surface area contributed by atoms with Crippen LogP contribution in [0.5, 0.6) is 0 Å². The monoisotopic (exact) mass is 361 g/mol. The van der Waals surface area contributed by atoms with Crippen LogP contribution in [0.25, 0.3) is 0 Å². The van der Waals surface area contributed by atoms with E-state index < -0.39 is 5.97 Å². The van der Waals surface area contributed by atoms with E-state index in [0.29, 0.717) is 22.8 Å². The number of esters is 1. The number of halogens is 1. The summed E-state index contributed by atoms with van der Waals surface area (Å²) in [5, 5.41) is 3.46. The third-order valence-corrected chi connectivity index (χ3v) is 6.44. The van der Waals surface area contributed by atoms with Gasteiger partial charge < -0.3 is 10.1 Å². The van der Waals surface area contributed by atoms with Gasteiger partial charge >= 0.3 is 5.97 Å². The van der Waals surface area contributed by atoms with E-state index in [0.717, 1.165) is 24.8 Å². The van der Waals surface area contributed by atoms with Gasteiger partial charge in [0.2, 0.25) is 5.91 Å². The molecular weight excluding hydrogens is 338 g/mol. The molecule has 4 fully saturated rings. The number of hydrogen-bond donors (Lipinski definition) is 1. The Morgan fingerprint density at radius 1 is 1.12 bits per heavy atom. The molecule has 0 spiro atoms. The summed E-state index contributed by atoms with van der Waals surface area (Å²) in [5.74, 6) is 1.80. The van der Waals surface area contributed by atoms with Crippen LogP contribution in [0.1, 0.15) is 44.1 Å². The molecule has 4 nitrogen and oxygen atoms in total. The van der Waals surface area contributed by atoms with Crippen LogP contribution >= 0.6 is 11.6 Å². The van der Waals surface area contributed by atoms with E-state index in [9.17, 15) is 9.59 Å². The van der Waals surface area contributed by atoms with Crippen molar-refractivity contribution >= 4 is 23.5 Å². The second-order valence-electron chi connectivity index (χ2n) is 8.17. The Morgan fingerprint density at radius 2 is 1.76 bits per heavy atom. The van der Waals surface area contributed by atoms with Crippen molar-refractivity contribution in [1.82, 2.24) is 5.32 Å². The smallest absolute Gasteiger partial charge is 0.325 e. The molecule has 1 aromatic carbocycles. The topological polar surface area (TPSA) is 55.4 Å². The van der Waals surface area contributed by atoms with Gasteiger partial charge in [0.25, 0.3) is 0 Å².